The molecule has 0 fully saturated rings. The predicted molar refractivity (Wildman–Crippen MR) is 44.9 cm³/mol. The van der Waals surface area contributed by atoms with E-state index in [1.807, 2.05) is 12.2 Å². The van der Waals surface area contributed by atoms with Crippen molar-refractivity contribution in [2.75, 3.05) is 0 Å². The summed E-state index contributed by atoms with van der Waals surface area (Å²) in [7, 11) is 0. The maximum atomic E-state index is 8.97. The molecule has 0 radical (unpaired) electrons. The lowest BCUT2D eigenvalue weighted by Crippen LogP contribution is -2.06. The van der Waals surface area contributed by atoms with E-state index in [1.165, 1.54) is 0 Å². The number of aliphatic hydroxyl groups excluding tert-OH is 1. The lowest BCUT2D eigenvalue weighted by Gasteiger charge is -2.15. The Morgan fingerprint density at radius 1 is 1.30 bits per heavy atom. The third-order valence-corrected chi connectivity index (χ3v) is 1.83. The lowest BCUT2D eigenvalue weighted by atomic mass is 9.91. The molecule has 1 N–H and O–H groups in total. The van der Waals surface area contributed by atoms with Gasteiger partial charge in [0, 0.05) is 0 Å². The van der Waals surface area contributed by atoms with Crippen molar-refractivity contribution in [1.29, 1.82) is 0 Å². The Balaban J connectivity index is 0.000000810. The SMILES string of the molecule is C.CC1C=CC(O)=CC1C. The van der Waals surface area contributed by atoms with Gasteiger partial charge in [-0.3, -0.25) is 0 Å². The molecule has 1 rings (SSSR count). The third kappa shape index (κ3) is 1.90. The zero-order chi connectivity index (χ0) is 6.85. The van der Waals surface area contributed by atoms with E-state index in [2.05, 4.69) is 13.8 Å². The zero-order valence-corrected chi connectivity index (χ0v) is 5.83. The van der Waals surface area contributed by atoms with Crippen molar-refractivity contribution in [3.63, 3.8) is 0 Å². The van der Waals surface area contributed by atoms with E-state index < -0.39 is 0 Å². The fraction of sp³-hybridized carbons (Fsp3) is 0.556. The molecular formula is C9H16O. The van der Waals surface area contributed by atoms with E-state index in [-0.39, 0.29) is 7.43 Å². The number of rotatable bonds is 0. The number of allylic oxidation sites excluding steroid dienone is 3. The Hall–Kier alpha value is -0.720. The minimum Gasteiger partial charge on any atom is -0.508 e. The van der Waals surface area contributed by atoms with Gasteiger partial charge < -0.3 is 5.11 Å². The van der Waals surface area contributed by atoms with Crippen molar-refractivity contribution in [3.8, 4) is 0 Å². The second-order valence-electron chi connectivity index (χ2n) is 2.67. The van der Waals surface area contributed by atoms with Crippen LogP contribution in [-0.2, 0) is 0 Å². The first-order chi connectivity index (χ1) is 4.20. The summed E-state index contributed by atoms with van der Waals surface area (Å²) in [5.74, 6) is 1.46. The Morgan fingerprint density at radius 2 is 1.90 bits per heavy atom. The van der Waals surface area contributed by atoms with Gasteiger partial charge in [-0.15, -0.1) is 0 Å². The largest absolute Gasteiger partial charge is 0.508 e. The first-order valence-electron chi connectivity index (χ1n) is 3.29. The maximum absolute atomic E-state index is 8.97. The highest BCUT2D eigenvalue weighted by Crippen LogP contribution is 2.20. The Kier molecular flexibility index (Phi) is 3.20. The first kappa shape index (κ1) is 9.28. The molecule has 1 nitrogen and oxygen atoms in total. The fourth-order valence-electron chi connectivity index (χ4n) is 0.902. The van der Waals surface area contributed by atoms with Crippen LogP contribution in [0.5, 0.6) is 0 Å². The van der Waals surface area contributed by atoms with E-state index in [0.717, 1.165) is 0 Å². The van der Waals surface area contributed by atoms with Crippen LogP contribution in [0.15, 0.2) is 24.0 Å². The van der Waals surface area contributed by atoms with Crippen LogP contribution in [0.3, 0.4) is 0 Å². The molecule has 58 valence electrons. The average molecular weight is 140 g/mol. The molecule has 0 aromatic heterocycles. The lowest BCUT2D eigenvalue weighted by molar-refractivity contribution is 0.406. The van der Waals surface area contributed by atoms with Gasteiger partial charge >= 0.3 is 0 Å². The summed E-state index contributed by atoms with van der Waals surface area (Å²) >= 11 is 0. The molecule has 0 aromatic rings. The van der Waals surface area contributed by atoms with E-state index >= 15 is 0 Å². The van der Waals surface area contributed by atoms with E-state index in [0.29, 0.717) is 17.6 Å². The molecule has 0 aliphatic heterocycles. The summed E-state index contributed by atoms with van der Waals surface area (Å²) in [6.07, 6.45) is 5.66. The Labute approximate surface area is 63.1 Å². The van der Waals surface area contributed by atoms with Crippen molar-refractivity contribution in [3.05, 3.63) is 24.0 Å². The second kappa shape index (κ2) is 3.45. The van der Waals surface area contributed by atoms with Gasteiger partial charge in [0.25, 0.3) is 0 Å². The summed E-state index contributed by atoms with van der Waals surface area (Å²) in [5, 5.41) is 8.97. The minimum atomic E-state index is 0. The summed E-state index contributed by atoms with van der Waals surface area (Å²) in [6, 6.07) is 0. The van der Waals surface area contributed by atoms with Gasteiger partial charge in [-0.25, -0.2) is 0 Å². The molecule has 0 saturated heterocycles. The van der Waals surface area contributed by atoms with Crippen molar-refractivity contribution >= 4 is 0 Å². The van der Waals surface area contributed by atoms with Crippen LogP contribution in [-0.4, -0.2) is 5.11 Å². The highest BCUT2D eigenvalue weighted by atomic mass is 16.3. The average Bonchev–Trinajstić information content (AvgIpc) is 1.80. The van der Waals surface area contributed by atoms with Gasteiger partial charge in [-0.05, 0) is 24.0 Å². The molecule has 0 bridgehead atoms. The highest BCUT2D eigenvalue weighted by molar-refractivity contribution is 5.18. The smallest absolute Gasteiger partial charge is 0.111 e. The van der Waals surface area contributed by atoms with Gasteiger partial charge in [0.05, 0.1) is 0 Å². The van der Waals surface area contributed by atoms with Crippen LogP contribution in [0, 0.1) is 11.8 Å². The number of hydrogen-bond donors (Lipinski definition) is 1. The van der Waals surface area contributed by atoms with Crippen LogP contribution in [0.1, 0.15) is 21.3 Å². The molecular weight excluding hydrogens is 124 g/mol. The molecule has 0 heterocycles. The molecule has 1 heteroatoms. The number of aliphatic hydroxyl groups is 1. The van der Waals surface area contributed by atoms with Gasteiger partial charge in [0.15, 0.2) is 0 Å². The molecule has 0 amide bonds. The normalized spacial score (nSPS) is 30.8. The topological polar surface area (TPSA) is 20.2 Å². The maximum Gasteiger partial charge on any atom is 0.111 e. The van der Waals surface area contributed by atoms with Crippen LogP contribution in [0.4, 0.5) is 0 Å². The Morgan fingerprint density at radius 3 is 2.30 bits per heavy atom. The number of hydrogen-bond acceptors (Lipinski definition) is 1. The van der Waals surface area contributed by atoms with Gasteiger partial charge in [0.1, 0.15) is 5.76 Å². The minimum absolute atomic E-state index is 0. The van der Waals surface area contributed by atoms with E-state index in [9.17, 15) is 0 Å². The Bertz CT molecular complexity index is 156. The molecule has 1 aliphatic rings. The summed E-state index contributed by atoms with van der Waals surface area (Å²) in [5.41, 5.74) is 0. The third-order valence-electron chi connectivity index (χ3n) is 1.83. The molecule has 0 spiro atoms. The van der Waals surface area contributed by atoms with Crippen LogP contribution in [0.2, 0.25) is 0 Å². The van der Waals surface area contributed by atoms with Crippen LogP contribution < -0.4 is 0 Å². The summed E-state index contributed by atoms with van der Waals surface area (Å²) in [4.78, 5) is 0. The van der Waals surface area contributed by atoms with Crippen molar-refractivity contribution in [2.24, 2.45) is 11.8 Å². The molecule has 1 aliphatic carbocycles. The monoisotopic (exact) mass is 140 g/mol. The first-order valence-corrected chi connectivity index (χ1v) is 3.29. The molecule has 2 atom stereocenters. The summed E-state index contributed by atoms with van der Waals surface area (Å²) in [6.45, 7) is 4.24. The van der Waals surface area contributed by atoms with Gasteiger partial charge in [-0.1, -0.05) is 27.4 Å². The molecule has 0 aromatic carbocycles. The second-order valence-corrected chi connectivity index (χ2v) is 2.67. The summed E-state index contributed by atoms with van der Waals surface area (Å²) < 4.78 is 0. The van der Waals surface area contributed by atoms with Gasteiger partial charge in [0.2, 0.25) is 0 Å². The predicted octanol–water partition coefficient (Wildman–Crippen LogP) is 2.91. The molecule has 10 heavy (non-hydrogen) atoms. The quantitative estimate of drug-likeness (QED) is 0.548. The van der Waals surface area contributed by atoms with Crippen LogP contribution >= 0.6 is 0 Å². The van der Waals surface area contributed by atoms with E-state index in [4.69, 9.17) is 5.11 Å². The molecule has 0 saturated carbocycles. The van der Waals surface area contributed by atoms with Crippen molar-refractivity contribution in [2.45, 2.75) is 21.3 Å². The zero-order valence-electron chi connectivity index (χ0n) is 5.83. The van der Waals surface area contributed by atoms with Crippen molar-refractivity contribution in [1.82, 2.24) is 0 Å². The fourth-order valence-corrected chi connectivity index (χ4v) is 0.902. The standard InChI is InChI=1S/C8H12O.CH4/c1-6-3-4-8(9)5-7(6)2;/h3-7,9H,1-2H3;1H4. The highest BCUT2D eigenvalue weighted by Gasteiger charge is 2.10. The van der Waals surface area contributed by atoms with E-state index in [1.54, 1.807) is 6.08 Å². The van der Waals surface area contributed by atoms with Crippen molar-refractivity contribution < 1.29 is 5.11 Å². The van der Waals surface area contributed by atoms with Gasteiger partial charge in [-0.2, -0.15) is 0 Å². The molecule has 2 unspecified atom stereocenters. The van der Waals surface area contributed by atoms with Crippen LogP contribution in [0.25, 0.3) is 0 Å².